The lowest BCUT2D eigenvalue weighted by Gasteiger charge is -2.25. The largest absolute Gasteiger partial charge is 0.466 e. The summed E-state index contributed by atoms with van der Waals surface area (Å²) in [6, 6.07) is 8.34. The summed E-state index contributed by atoms with van der Waals surface area (Å²) in [5.74, 6) is -0.155. The van der Waals surface area contributed by atoms with Gasteiger partial charge in [-0.3, -0.25) is 4.79 Å². The quantitative estimate of drug-likeness (QED) is 0.625. The van der Waals surface area contributed by atoms with Crippen LogP contribution in [0.5, 0.6) is 0 Å². The zero-order valence-corrected chi connectivity index (χ0v) is 13.3. The summed E-state index contributed by atoms with van der Waals surface area (Å²) in [5, 5.41) is 3.38. The van der Waals surface area contributed by atoms with Gasteiger partial charge in [-0.1, -0.05) is 12.1 Å². The lowest BCUT2D eigenvalue weighted by Crippen LogP contribution is -2.41. The Morgan fingerprint density at radius 1 is 1.33 bits per heavy atom. The number of nitrogens with one attached hydrogen (secondary N) is 1. The van der Waals surface area contributed by atoms with Crippen LogP contribution in [0.1, 0.15) is 32.8 Å². The lowest BCUT2D eigenvalue weighted by atomic mass is 10.0. The predicted molar refractivity (Wildman–Crippen MR) is 81.3 cm³/mol. The second-order valence-electron chi connectivity index (χ2n) is 4.85. The first-order chi connectivity index (χ1) is 8.43. The maximum atomic E-state index is 11.5. The standard InChI is InChI=1S/C14H20INO2/c1-4-18-13(17)9-14(2,3)16-10-11-5-7-12(15)8-6-11/h5-8,16H,4,9-10H2,1-3H3. The highest BCUT2D eigenvalue weighted by atomic mass is 127. The van der Waals surface area contributed by atoms with Crippen molar-refractivity contribution in [1.29, 1.82) is 0 Å². The average molecular weight is 361 g/mol. The van der Waals surface area contributed by atoms with E-state index in [1.54, 1.807) is 0 Å². The summed E-state index contributed by atoms with van der Waals surface area (Å²) in [4.78, 5) is 11.5. The first-order valence-electron chi connectivity index (χ1n) is 6.08. The fourth-order valence-corrected chi connectivity index (χ4v) is 1.94. The molecule has 0 aromatic heterocycles. The number of carbonyl (C=O) groups excluding carboxylic acids is 1. The Morgan fingerprint density at radius 3 is 2.50 bits per heavy atom. The monoisotopic (exact) mass is 361 g/mol. The Labute approximate surface area is 122 Å². The fourth-order valence-electron chi connectivity index (χ4n) is 1.58. The highest BCUT2D eigenvalue weighted by Crippen LogP contribution is 2.12. The molecule has 1 rings (SSSR count). The van der Waals surface area contributed by atoms with Gasteiger partial charge in [-0.15, -0.1) is 0 Å². The van der Waals surface area contributed by atoms with Crippen molar-refractivity contribution in [2.75, 3.05) is 6.61 Å². The Morgan fingerprint density at radius 2 is 1.94 bits per heavy atom. The molecule has 1 aromatic rings. The van der Waals surface area contributed by atoms with Crippen molar-refractivity contribution in [3.63, 3.8) is 0 Å². The second-order valence-corrected chi connectivity index (χ2v) is 6.09. The van der Waals surface area contributed by atoms with Gasteiger partial charge in [0.15, 0.2) is 0 Å². The Kier molecular flexibility index (Phi) is 6.08. The van der Waals surface area contributed by atoms with Gasteiger partial charge < -0.3 is 10.1 Å². The number of rotatable bonds is 6. The van der Waals surface area contributed by atoms with Crippen LogP contribution in [0.3, 0.4) is 0 Å². The van der Waals surface area contributed by atoms with Gasteiger partial charge in [0.05, 0.1) is 13.0 Å². The van der Waals surface area contributed by atoms with Crippen LogP contribution in [0.4, 0.5) is 0 Å². The average Bonchev–Trinajstić information content (AvgIpc) is 2.28. The highest BCUT2D eigenvalue weighted by molar-refractivity contribution is 14.1. The number of halogens is 1. The summed E-state index contributed by atoms with van der Waals surface area (Å²) in [5.41, 5.74) is 0.960. The SMILES string of the molecule is CCOC(=O)CC(C)(C)NCc1ccc(I)cc1. The molecule has 18 heavy (non-hydrogen) atoms. The summed E-state index contributed by atoms with van der Waals surface area (Å²) in [6.45, 7) is 7.03. The predicted octanol–water partition coefficient (Wildman–Crippen LogP) is 3.11. The number of carbonyl (C=O) groups is 1. The number of hydrogen-bond acceptors (Lipinski definition) is 3. The molecule has 1 N–H and O–H groups in total. The maximum Gasteiger partial charge on any atom is 0.307 e. The van der Waals surface area contributed by atoms with E-state index in [-0.39, 0.29) is 11.5 Å². The molecule has 0 aliphatic rings. The molecular formula is C14H20INO2. The lowest BCUT2D eigenvalue weighted by molar-refractivity contribution is -0.144. The van der Waals surface area contributed by atoms with Gasteiger partial charge in [0.1, 0.15) is 0 Å². The van der Waals surface area contributed by atoms with Crippen LogP contribution in [-0.2, 0) is 16.1 Å². The minimum Gasteiger partial charge on any atom is -0.466 e. The van der Waals surface area contributed by atoms with E-state index in [0.29, 0.717) is 13.0 Å². The molecule has 0 spiro atoms. The molecule has 0 heterocycles. The van der Waals surface area contributed by atoms with Crippen molar-refractivity contribution < 1.29 is 9.53 Å². The van der Waals surface area contributed by atoms with Crippen molar-refractivity contribution >= 4 is 28.6 Å². The molecule has 4 heteroatoms. The van der Waals surface area contributed by atoms with Crippen LogP contribution >= 0.6 is 22.6 Å². The van der Waals surface area contributed by atoms with Crippen molar-refractivity contribution in [3.05, 3.63) is 33.4 Å². The van der Waals surface area contributed by atoms with Gasteiger partial charge in [-0.25, -0.2) is 0 Å². The third-order valence-corrected chi connectivity index (χ3v) is 3.30. The molecule has 0 bridgehead atoms. The van der Waals surface area contributed by atoms with Crippen molar-refractivity contribution in [2.45, 2.75) is 39.3 Å². The first-order valence-corrected chi connectivity index (χ1v) is 7.16. The third kappa shape index (κ3) is 5.82. The topological polar surface area (TPSA) is 38.3 Å². The van der Waals surface area contributed by atoms with Gasteiger partial charge in [0.2, 0.25) is 0 Å². The molecule has 0 saturated heterocycles. The van der Waals surface area contributed by atoms with Crippen molar-refractivity contribution in [2.24, 2.45) is 0 Å². The highest BCUT2D eigenvalue weighted by Gasteiger charge is 2.21. The van der Waals surface area contributed by atoms with Crippen LogP contribution in [-0.4, -0.2) is 18.1 Å². The van der Waals surface area contributed by atoms with Gasteiger partial charge in [-0.2, -0.15) is 0 Å². The molecule has 0 saturated carbocycles. The second kappa shape index (κ2) is 7.09. The van der Waals surface area contributed by atoms with E-state index in [0.717, 1.165) is 6.54 Å². The maximum absolute atomic E-state index is 11.5. The number of hydrogen-bond donors (Lipinski definition) is 1. The van der Waals surface area contributed by atoms with E-state index in [1.165, 1.54) is 9.13 Å². The van der Waals surface area contributed by atoms with Crippen molar-refractivity contribution in [3.8, 4) is 0 Å². The number of benzene rings is 1. The minimum atomic E-state index is -0.255. The van der Waals surface area contributed by atoms with E-state index >= 15 is 0 Å². The van der Waals surface area contributed by atoms with Gasteiger partial charge in [-0.05, 0) is 61.1 Å². The zero-order valence-electron chi connectivity index (χ0n) is 11.1. The Bertz CT molecular complexity index is 387. The third-order valence-electron chi connectivity index (χ3n) is 2.58. The summed E-state index contributed by atoms with van der Waals surface area (Å²) >= 11 is 2.28. The summed E-state index contributed by atoms with van der Waals surface area (Å²) in [7, 11) is 0. The summed E-state index contributed by atoms with van der Waals surface area (Å²) in [6.07, 6.45) is 0.380. The van der Waals surface area contributed by atoms with Gasteiger partial charge in [0.25, 0.3) is 0 Å². The molecule has 0 radical (unpaired) electrons. The molecule has 0 amide bonds. The van der Waals surface area contributed by atoms with Crippen LogP contribution in [0.15, 0.2) is 24.3 Å². The van der Waals surface area contributed by atoms with Gasteiger partial charge in [0, 0.05) is 15.7 Å². The number of esters is 1. The Balaban J connectivity index is 2.45. The minimum absolute atomic E-state index is 0.155. The van der Waals surface area contributed by atoms with E-state index in [9.17, 15) is 4.79 Å². The van der Waals surface area contributed by atoms with Crippen molar-refractivity contribution in [1.82, 2.24) is 5.32 Å². The normalized spacial score (nSPS) is 11.3. The van der Waals surface area contributed by atoms with Crippen LogP contribution in [0.2, 0.25) is 0 Å². The molecule has 0 aliphatic heterocycles. The fraction of sp³-hybridized carbons (Fsp3) is 0.500. The molecule has 0 atom stereocenters. The molecule has 1 aromatic carbocycles. The summed E-state index contributed by atoms with van der Waals surface area (Å²) < 4.78 is 6.19. The van der Waals surface area contributed by atoms with Crippen LogP contribution in [0, 0.1) is 3.57 Å². The van der Waals surface area contributed by atoms with E-state index in [2.05, 4.69) is 52.2 Å². The van der Waals surface area contributed by atoms with E-state index in [1.807, 2.05) is 20.8 Å². The molecule has 3 nitrogen and oxygen atoms in total. The van der Waals surface area contributed by atoms with E-state index < -0.39 is 0 Å². The van der Waals surface area contributed by atoms with E-state index in [4.69, 9.17) is 4.74 Å². The van der Waals surface area contributed by atoms with Crippen LogP contribution in [0.25, 0.3) is 0 Å². The van der Waals surface area contributed by atoms with Crippen LogP contribution < -0.4 is 5.32 Å². The first kappa shape index (κ1) is 15.4. The molecule has 100 valence electrons. The smallest absolute Gasteiger partial charge is 0.307 e. The molecule has 0 aliphatic carbocycles. The number of ether oxygens (including phenoxy) is 1. The molecule has 0 fully saturated rings. The molecular weight excluding hydrogens is 341 g/mol. The van der Waals surface area contributed by atoms with Gasteiger partial charge >= 0.3 is 5.97 Å². The zero-order chi connectivity index (χ0) is 13.6. The Hall–Kier alpha value is -0.620. The molecule has 0 unspecified atom stereocenters.